The standard InChI is InChI=1S/C17H17F4N3O4/c1-24-13(15(26)27-2)12(7-22-24)23-14(25)11-5-3-4-10(6-11)8-28-9-17(20,21)16(18)19/h3-7,16H,8-9H2,1-2H3,(H,23,25). The molecule has 0 saturated carbocycles. The number of halogens is 4. The maximum Gasteiger partial charge on any atom is 0.358 e. The van der Waals surface area contributed by atoms with Crippen molar-refractivity contribution in [3.8, 4) is 0 Å². The number of esters is 1. The minimum Gasteiger partial charge on any atom is -0.464 e. The number of aromatic nitrogens is 2. The highest BCUT2D eigenvalue weighted by Crippen LogP contribution is 2.23. The molecule has 1 N–H and O–H groups in total. The van der Waals surface area contributed by atoms with Crippen LogP contribution >= 0.6 is 0 Å². The molecule has 11 heteroatoms. The van der Waals surface area contributed by atoms with Crippen molar-refractivity contribution in [2.75, 3.05) is 19.0 Å². The summed E-state index contributed by atoms with van der Waals surface area (Å²) in [6.07, 6.45) is -2.56. The quantitative estimate of drug-likeness (QED) is 0.542. The highest BCUT2D eigenvalue weighted by atomic mass is 19.3. The van der Waals surface area contributed by atoms with Gasteiger partial charge in [0.1, 0.15) is 6.61 Å². The van der Waals surface area contributed by atoms with Gasteiger partial charge in [0, 0.05) is 12.6 Å². The van der Waals surface area contributed by atoms with E-state index in [-0.39, 0.29) is 23.6 Å². The molecule has 0 fully saturated rings. The van der Waals surface area contributed by atoms with Crippen molar-refractivity contribution in [3.05, 3.63) is 47.3 Å². The topological polar surface area (TPSA) is 82.4 Å². The van der Waals surface area contributed by atoms with E-state index in [2.05, 4.69) is 19.9 Å². The van der Waals surface area contributed by atoms with E-state index in [1.54, 1.807) is 0 Å². The fourth-order valence-electron chi connectivity index (χ4n) is 2.23. The van der Waals surface area contributed by atoms with Crippen LogP contribution in [-0.4, -0.2) is 47.7 Å². The zero-order valence-electron chi connectivity index (χ0n) is 14.9. The summed E-state index contributed by atoms with van der Waals surface area (Å²) >= 11 is 0. The smallest absolute Gasteiger partial charge is 0.358 e. The first-order valence-corrected chi connectivity index (χ1v) is 7.90. The third kappa shape index (κ3) is 5.06. The molecule has 2 rings (SSSR count). The first kappa shape index (κ1) is 21.4. The zero-order chi connectivity index (χ0) is 20.9. The number of nitrogens with one attached hydrogen (secondary N) is 1. The molecule has 152 valence electrons. The van der Waals surface area contributed by atoms with E-state index in [4.69, 9.17) is 0 Å². The Labute approximate surface area is 157 Å². The molecular formula is C17H17F4N3O4. The van der Waals surface area contributed by atoms with Gasteiger partial charge in [-0.2, -0.15) is 13.9 Å². The highest BCUT2D eigenvalue weighted by Gasteiger charge is 2.40. The third-order valence-electron chi connectivity index (χ3n) is 3.64. The number of nitrogens with zero attached hydrogens (tertiary/aromatic N) is 2. The third-order valence-corrected chi connectivity index (χ3v) is 3.64. The number of carbonyl (C=O) groups excluding carboxylic acids is 2. The Morgan fingerprint density at radius 1 is 1.32 bits per heavy atom. The number of methoxy groups -OCH3 is 1. The summed E-state index contributed by atoms with van der Waals surface area (Å²) in [6, 6.07) is 5.76. The fourth-order valence-corrected chi connectivity index (χ4v) is 2.23. The van der Waals surface area contributed by atoms with Gasteiger partial charge in [0.05, 0.1) is 25.6 Å². The summed E-state index contributed by atoms with van der Waals surface area (Å²) in [5, 5.41) is 6.38. The summed E-state index contributed by atoms with van der Waals surface area (Å²) in [6.45, 7) is -1.83. The number of carbonyl (C=O) groups is 2. The molecule has 1 aromatic heterocycles. The van der Waals surface area contributed by atoms with Crippen LogP contribution in [0.1, 0.15) is 26.4 Å². The molecule has 0 aliphatic carbocycles. The van der Waals surface area contributed by atoms with Crippen molar-refractivity contribution in [2.24, 2.45) is 7.05 Å². The molecule has 1 amide bonds. The van der Waals surface area contributed by atoms with Crippen LogP contribution in [0.3, 0.4) is 0 Å². The molecule has 1 heterocycles. The van der Waals surface area contributed by atoms with Gasteiger partial charge in [0.2, 0.25) is 0 Å². The lowest BCUT2D eigenvalue weighted by molar-refractivity contribution is -0.168. The summed E-state index contributed by atoms with van der Waals surface area (Å²) in [7, 11) is 2.68. The lowest BCUT2D eigenvalue weighted by Crippen LogP contribution is -2.32. The van der Waals surface area contributed by atoms with Gasteiger partial charge in [-0.05, 0) is 17.7 Å². The number of amides is 1. The number of alkyl halides is 4. The van der Waals surface area contributed by atoms with Gasteiger partial charge in [0.15, 0.2) is 5.69 Å². The maximum absolute atomic E-state index is 12.8. The maximum atomic E-state index is 12.8. The summed E-state index contributed by atoms with van der Waals surface area (Å²) in [5.74, 6) is -5.55. The van der Waals surface area contributed by atoms with Crippen LogP contribution in [0.5, 0.6) is 0 Å². The molecule has 2 aromatic rings. The number of aryl methyl sites for hydroxylation is 1. The number of ether oxygens (including phenoxy) is 2. The Hall–Kier alpha value is -2.95. The molecule has 0 radical (unpaired) electrons. The summed E-state index contributed by atoms with van der Waals surface area (Å²) < 4.78 is 60.4. The van der Waals surface area contributed by atoms with Crippen LogP contribution in [0.2, 0.25) is 0 Å². The average molecular weight is 403 g/mol. The van der Waals surface area contributed by atoms with Crippen LogP contribution in [0, 0.1) is 0 Å². The Balaban J connectivity index is 2.06. The monoisotopic (exact) mass is 403 g/mol. The predicted octanol–water partition coefficient (Wildman–Crippen LogP) is 2.88. The molecule has 0 spiro atoms. The minimum atomic E-state index is -4.25. The Morgan fingerprint density at radius 3 is 2.68 bits per heavy atom. The van der Waals surface area contributed by atoms with Gasteiger partial charge in [-0.1, -0.05) is 12.1 Å². The number of hydrogen-bond donors (Lipinski definition) is 1. The average Bonchev–Trinajstić information content (AvgIpc) is 3.01. The van der Waals surface area contributed by atoms with E-state index in [9.17, 15) is 27.2 Å². The van der Waals surface area contributed by atoms with Crippen LogP contribution in [0.25, 0.3) is 0 Å². The van der Waals surface area contributed by atoms with Crippen molar-refractivity contribution in [1.82, 2.24) is 9.78 Å². The highest BCUT2D eigenvalue weighted by molar-refractivity contribution is 6.07. The molecule has 0 bridgehead atoms. The molecule has 0 aliphatic heterocycles. The summed E-state index contributed by atoms with van der Waals surface area (Å²) in [5.41, 5.74) is 0.626. The second kappa shape index (κ2) is 8.83. The second-order valence-electron chi connectivity index (χ2n) is 5.73. The van der Waals surface area contributed by atoms with Gasteiger partial charge in [-0.15, -0.1) is 0 Å². The molecule has 7 nitrogen and oxygen atoms in total. The molecule has 0 aliphatic rings. The number of benzene rings is 1. The van der Waals surface area contributed by atoms with Gasteiger partial charge in [0.25, 0.3) is 5.91 Å². The van der Waals surface area contributed by atoms with E-state index in [1.807, 2.05) is 0 Å². The van der Waals surface area contributed by atoms with Gasteiger partial charge < -0.3 is 14.8 Å². The molecule has 28 heavy (non-hydrogen) atoms. The van der Waals surface area contributed by atoms with Crippen molar-refractivity contribution in [2.45, 2.75) is 19.0 Å². The second-order valence-corrected chi connectivity index (χ2v) is 5.73. The van der Waals surface area contributed by atoms with Crippen LogP contribution in [-0.2, 0) is 23.1 Å². The Bertz CT molecular complexity index is 855. The van der Waals surface area contributed by atoms with E-state index >= 15 is 0 Å². The van der Waals surface area contributed by atoms with Crippen molar-refractivity contribution < 1.29 is 36.6 Å². The molecular weight excluding hydrogens is 386 g/mol. The first-order valence-electron chi connectivity index (χ1n) is 7.90. The van der Waals surface area contributed by atoms with Gasteiger partial charge in [-0.25, -0.2) is 13.6 Å². The number of rotatable bonds is 8. The minimum absolute atomic E-state index is 0.0320. The van der Waals surface area contributed by atoms with Crippen LogP contribution < -0.4 is 5.32 Å². The molecule has 0 atom stereocenters. The summed E-state index contributed by atoms with van der Waals surface area (Å²) in [4.78, 5) is 24.2. The van der Waals surface area contributed by atoms with Crippen LogP contribution in [0.4, 0.5) is 23.2 Å². The molecule has 0 saturated heterocycles. The van der Waals surface area contributed by atoms with Crippen LogP contribution in [0.15, 0.2) is 30.5 Å². The van der Waals surface area contributed by atoms with Gasteiger partial charge in [-0.3, -0.25) is 9.48 Å². The first-order chi connectivity index (χ1) is 13.2. The predicted molar refractivity (Wildman–Crippen MR) is 89.5 cm³/mol. The van der Waals surface area contributed by atoms with E-state index < -0.39 is 30.8 Å². The van der Waals surface area contributed by atoms with E-state index in [1.165, 1.54) is 49.3 Å². The largest absolute Gasteiger partial charge is 0.464 e. The zero-order valence-corrected chi connectivity index (χ0v) is 14.9. The SMILES string of the molecule is COC(=O)c1c(NC(=O)c2cccc(COCC(F)(F)C(F)F)c2)cnn1C. The van der Waals surface area contributed by atoms with E-state index in [0.29, 0.717) is 5.56 Å². The van der Waals surface area contributed by atoms with E-state index in [0.717, 1.165) is 0 Å². The number of anilines is 1. The normalized spacial score (nSPS) is 11.5. The lowest BCUT2D eigenvalue weighted by atomic mass is 10.1. The number of hydrogen-bond acceptors (Lipinski definition) is 5. The van der Waals surface area contributed by atoms with Crippen molar-refractivity contribution >= 4 is 17.6 Å². The van der Waals surface area contributed by atoms with Crippen molar-refractivity contribution in [1.29, 1.82) is 0 Å². The Kier molecular flexibility index (Phi) is 6.73. The lowest BCUT2D eigenvalue weighted by Gasteiger charge is -2.15. The fraction of sp³-hybridized carbons (Fsp3) is 0.353. The Morgan fingerprint density at radius 2 is 2.04 bits per heavy atom. The van der Waals surface area contributed by atoms with Gasteiger partial charge >= 0.3 is 18.3 Å². The van der Waals surface area contributed by atoms with Crippen molar-refractivity contribution in [3.63, 3.8) is 0 Å². The molecule has 0 unspecified atom stereocenters. The molecule has 1 aromatic carbocycles.